The maximum atomic E-state index is 13.1. The van der Waals surface area contributed by atoms with Gasteiger partial charge in [0, 0.05) is 25.7 Å². The van der Waals surface area contributed by atoms with Crippen molar-refractivity contribution < 1.29 is 80.2 Å². The zero-order valence-electron chi connectivity index (χ0n) is 59.9. The van der Waals surface area contributed by atoms with E-state index in [2.05, 4.69) is 41.5 Å². The molecule has 0 radical (unpaired) electrons. The number of rotatable bonds is 72. The van der Waals surface area contributed by atoms with Gasteiger partial charge in [-0.1, -0.05) is 324 Å². The Morgan fingerprint density at radius 3 is 0.739 bits per heavy atom. The number of aliphatic hydroxyl groups is 1. The molecule has 0 saturated carbocycles. The number of aliphatic hydroxyl groups excluding tert-OH is 1. The molecule has 17 nitrogen and oxygen atoms in total. The first-order valence-corrected chi connectivity index (χ1v) is 41.0. The van der Waals surface area contributed by atoms with Crippen molar-refractivity contribution in [3.63, 3.8) is 0 Å². The van der Waals surface area contributed by atoms with Crippen LogP contribution in [0.4, 0.5) is 0 Å². The molecule has 0 aromatic carbocycles. The first-order valence-electron chi connectivity index (χ1n) is 38.0. The van der Waals surface area contributed by atoms with Crippen LogP contribution in [0.3, 0.4) is 0 Å². The lowest BCUT2D eigenvalue weighted by Crippen LogP contribution is -2.30. The Labute approximate surface area is 562 Å². The second-order valence-electron chi connectivity index (χ2n) is 27.3. The zero-order chi connectivity index (χ0) is 67.9. The lowest BCUT2D eigenvalue weighted by atomic mass is 10.0. The first-order chi connectivity index (χ1) is 44.4. The van der Waals surface area contributed by atoms with Crippen LogP contribution in [-0.4, -0.2) is 96.7 Å². The number of hydrogen-bond acceptors (Lipinski definition) is 15. The van der Waals surface area contributed by atoms with Crippen molar-refractivity contribution in [1.29, 1.82) is 0 Å². The van der Waals surface area contributed by atoms with Gasteiger partial charge in [-0.2, -0.15) is 0 Å². The molecule has 0 aliphatic rings. The summed E-state index contributed by atoms with van der Waals surface area (Å²) in [5.74, 6) is -0.669. The predicted molar refractivity (Wildman–Crippen MR) is 372 cm³/mol. The third-order valence-corrected chi connectivity index (χ3v) is 18.9. The van der Waals surface area contributed by atoms with Gasteiger partial charge >= 0.3 is 39.5 Å². The van der Waals surface area contributed by atoms with E-state index in [1.165, 1.54) is 186 Å². The van der Waals surface area contributed by atoms with E-state index in [1.54, 1.807) is 0 Å². The van der Waals surface area contributed by atoms with Gasteiger partial charge in [0.25, 0.3) is 0 Å². The molecule has 0 bridgehead atoms. The third kappa shape index (κ3) is 66.7. The Hall–Kier alpha value is -1.94. The van der Waals surface area contributed by atoms with Crippen LogP contribution in [0.1, 0.15) is 375 Å². The fraction of sp³-hybridized carbons (Fsp3) is 0.945. The summed E-state index contributed by atoms with van der Waals surface area (Å²) in [6.45, 7) is 9.50. The molecule has 0 aliphatic carbocycles. The van der Waals surface area contributed by atoms with Gasteiger partial charge in [0.05, 0.1) is 26.4 Å². The van der Waals surface area contributed by atoms with E-state index >= 15 is 0 Å². The van der Waals surface area contributed by atoms with Gasteiger partial charge in [-0.3, -0.25) is 37.3 Å². The average Bonchev–Trinajstić information content (AvgIpc) is 2.84. The van der Waals surface area contributed by atoms with E-state index in [0.29, 0.717) is 31.6 Å². The van der Waals surface area contributed by atoms with E-state index in [4.69, 9.17) is 37.0 Å². The monoisotopic (exact) mass is 1350 g/mol. The van der Waals surface area contributed by atoms with Gasteiger partial charge in [0.2, 0.25) is 0 Å². The molecular formula is C73H142O17P2. The molecule has 0 aromatic heterocycles. The topological polar surface area (TPSA) is 237 Å². The minimum atomic E-state index is -4.95. The van der Waals surface area contributed by atoms with Gasteiger partial charge in [0.15, 0.2) is 12.2 Å². The molecule has 2 unspecified atom stereocenters. The highest BCUT2D eigenvalue weighted by molar-refractivity contribution is 7.47. The number of carbonyl (C=O) groups is 4. The normalized spacial score (nSPS) is 14.1. The van der Waals surface area contributed by atoms with Crippen LogP contribution >= 0.6 is 15.6 Å². The van der Waals surface area contributed by atoms with Crippen molar-refractivity contribution >= 4 is 39.5 Å². The number of esters is 4. The lowest BCUT2D eigenvalue weighted by Gasteiger charge is -2.21. The molecule has 0 rings (SSSR count). The smallest absolute Gasteiger partial charge is 0.462 e. The summed E-state index contributed by atoms with van der Waals surface area (Å²) in [7, 11) is -9.90. The summed E-state index contributed by atoms with van der Waals surface area (Å²) in [6, 6.07) is 0. The van der Waals surface area contributed by atoms with E-state index in [9.17, 15) is 43.2 Å². The molecule has 3 N–H and O–H groups in total. The Bertz CT molecular complexity index is 1790. The van der Waals surface area contributed by atoms with Gasteiger partial charge in [-0.05, 0) is 37.5 Å². The molecule has 5 atom stereocenters. The maximum absolute atomic E-state index is 13.1. The quantitative estimate of drug-likeness (QED) is 0.0222. The second-order valence-corrected chi connectivity index (χ2v) is 30.2. The van der Waals surface area contributed by atoms with Crippen molar-refractivity contribution in [3.8, 4) is 0 Å². The number of unbranched alkanes of at least 4 members (excludes halogenated alkanes) is 42. The lowest BCUT2D eigenvalue weighted by molar-refractivity contribution is -0.161. The maximum Gasteiger partial charge on any atom is 0.472 e. The highest BCUT2D eigenvalue weighted by Crippen LogP contribution is 2.45. The zero-order valence-corrected chi connectivity index (χ0v) is 61.6. The number of phosphoric ester groups is 2. The van der Waals surface area contributed by atoms with Crippen molar-refractivity contribution in [1.82, 2.24) is 0 Å². The highest BCUT2D eigenvalue weighted by atomic mass is 31.2. The highest BCUT2D eigenvalue weighted by Gasteiger charge is 2.30. The Kier molecular flexibility index (Phi) is 63.7. The van der Waals surface area contributed by atoms with Crippen LogP contribution in [0.25, 0.3) is 0 Å². The van der Waals surface area contributed by atoms with E-state index in [1.807, 2.05) is 0 Å². The van der Waals surface area contributed by atoms with Crippen LogP contribution in [0.5, 0.6) is 0 Å². The summed E-state index contributed by atoms with van der Waals surface area (Å²) in [5.41, 5.74) is 0. The molecule has 546 valence electrons. The number of ether oxygens (including phenoxy) is 4. The van der Waals surface area contributed by atoms with Crippen LogP contribution in [0.15, 0.2) is 0 Å². The molecule has 0 spiro atoms. The van der Waals surface area contributed by atoms with Crippen molar-refractivity contribution in [3.05, 3.63) is 0 Å². The van der Waals surface area contributed by atoms with Gasteiger partial charge in [0.1, 0.15) is 19.3 Å². The fourth-order valence-corrected chi connectivity index (χ4v) is 12.7. The number of carbonyl (C=O) groups excluding carboxylic acids is 4. The van der Waals surface area contributed by atoms with Gasteiger partial charge < -0.3 is 33.8 Å². The van der Waals surface area contributed by atoms with Gasteiger partial charge in [-0.25, -0.2) is 9.13 Å². The third-order valence-electron chi connectivity index (χ3n) is 17.0. The summed E-state index contributed by atoms with van der Waals surface area (Å²) in [6.07, 6.45) is 51.4. The predicted octanol–water partition coefficient (Wildman–Crippen LogP) is 21.2. The second kappa shape index (κ2) is 65.0. The van der Waals surface area contributed by atoms with Crippen molar-refractivity contribution in [2.45, 2.75) is 394 Å². The minimum absolute atomic E-state index is 0.106. The fourth-order valence-electron chi connectivity index (χ4n) is 11.1. The van der Waals surface area contributed by atoms with Crippen molar-refractivity contribution in [2.75, 3.05) is 39.6 Å². The van der Waals surface area contributed by atoms with E-state index < -0.39 is 97.5 Å². The van der Waals surface area contributed by atoms with E-state index in [0.717, 1.165) is 102 Å². The van der Waals surface area contributed by atoms with Crippen LogP contribution in [0.2, 0.25) is 0 Å². The standard InChI is InChI=1S/C73H142O17P2/c1-7-9-11-13-15-17-19-21-22-23-24-25-29-34-38-46-52-58-73(78)89-68(61-83-70(75)55-49-43-36-32-30-26-27-31-35-41-47-53-65(3)4)63-87-91(79,80)85-59-67(74)60-86-92(81,82)88-64-69(62-84-71(76)56-50-44-40-39-42-48-54-66(5)6)90-72(77)57-51-45-37-33-28-20-18-16-14-12-10-8-2/h65-69,74H,7-64H2,1-6H3,(H,79,80)(H,81,82)/t67-,68-,69-/m1/s1. The Morgan fingerprint density at radius 1 is 0.293 bits per heavy atom. The van der Waals surface area contributed by atoms with Gasteiger partial charge in [-0.15, -0.1) is 0 Å². The molecule has 0 amide bonds. The number of hydrogen-bond donors (Lipinski definition) is 3. The Balaban J connectivity index is 5.23. The molecule has 0 aromatic rings. The molecule has 19 heteroatoms. The van der Waals surface area contributed by atoms with Crippen LogP contribution < -0.4 is 0 Å². The van der Waals surface area contributed by atoms with Crippen LogP contribution in [0, 0.1) is 11.8 Å². The summed E-state index contributed by atoms with van der Waals surface area (Å²) in [4.78, 5) is 72.6. The SMILES string of the molecule is CCCCCCCCCCCCCCCCCCCC(=O)O[C@H](COC(=O)CCCCCCCCCCCCCC(C)C)COP(=O)(O)OC[C@@H](O)COP(=O)(O)OC[C@@H](COC(=O)CCCCCCCCC(C)C)OC(=O)CCCCCCCCCCCCCC. The molecular weight excluding hydrogens is 1210 g/mol. The largest absolute Gasteiger partial charge is 0.472 e. The van der Waals surface area contributed by atoms with E-state index in [-0.39, 0.29) is 25.7 Å². The average molecular weight is 1350 g/mol. The molecule has 0 aliphatic heterocycles. The van der Waals surface area contributed by atoms with Crippen LogP contribution in [-0.2, 0) is 65.4 Å². The number of phosphoric acid groups is 2. The molecule has 0 saturated heterocycles. The Morgan fingerprint density at radius 2 is 0.500 bits per heavy atom. The first kappa shape index (κ1) is 90.1. The molecule has 0 heterocycles. The summed E-state index contributed by atoms with van der Waals surface area (Å²) in [5, 5.41) is 10.6. The minimum Gasteiger partial charge on any atom is -0.462 e. The molecule has 92 heavy (non-hydrogen) atoms. The van der Waals surface area contributed by atoms with Crippen molar-refractivity contribution in [2.24, 2.45) is 11.8 Å². The summed E-state index contributed by atoms with van der Waals surface area (Å²) < 4.78 is 68.4. The summed E-state index contributed by atoms with van der Waals surface area (Å²) >= 11 is 0. The molecule has 0 fully saturated rings.